The van der Waals surface area contributed by atoms with Gasteiger partial charge in [-0.1, -0.05) is 19.1 Å². The van der Waals surface area contributed by atoms with Crippen LogP contribution in [0.4, 0.5) is 4.79 Å². The molecule has 0 aliphatic rings. The van der Waals surface area contributed by atoms with E-state index < -0.39 is 0 Å². The standard InChI is InChI=1S/C19H28N4O2/c1-7-12-23(18(25)21-19(3,4)5)13(2)16-20-15-11-9-8-10-14(15)17(24)22(16)6/h8-11,13H,7,12H2,1-6H3,(H,21,25). The normalized spacial score (nSPS) is 12.9. The summed E-state index contributed by atoms with van der Waals surface area (Å²) in [6, 6.07) is 6.82. The van der Waals surface area contributed by atoms with E-state index in [0.29, 0.717) is 23.3 Å². The number of nitrogens with zero attached hydrogens (tertiary/aromatic N) is 3. The predicted molar refractivity (Wildman–Crippen MR) is 101 cm³/mol. The molecule has 0 bridgehead atoms. The van der Waals surface area contributed by atoms with Gasteiger partial charge in [0.25, 0.3) is 5.56 Å². The van der Waals surface area contributed by atoms with Crippen LogP contribution < -0.4 is 10.9 Å². The molecule has 6 nitrogen and oxygen atoms in total. The highest BCUT2D eigenvalue weighted by molar-refractivity contribution is 5.78. The summed E-state index contributed by atoms with van der Waals surface area (Å²) in [5.41, 5.74) is 0.228. The molecule has 2 amide bonds. The van der Waals surface area contributed by atoms with Crippen LogP contribution in [0.25, 0.3) is 10.9 Å². The van der Waals surface area contributed by atoms with Crippen LogP contribution >= 0.6 is 0 Å². The number of urea groups is 1. The molecule has 1 aromatic heterocycles. The second-order valence-electron chi connectivity index (χ2n) is 7.40. The van der Waals surface area contributed by atoms with Gasteiger partial charge in [-0.3, -0.25) is 9.36 Å². The highest BCUT2D eigenvalue weighted by atomic mass is 16.2. The Bertz CT molecular complexity index is 820. The molecule has 1 heterocycles. The maximum atomic E-state index is 12.7. The van der Waals surface area contributed by atoms with E-state index in [1.807, 2.05) is 52.8 Å². The Morgan fingerprint density at radius 3 is 2.56 bits per heavy atom. The van der Waals surface area contributed by atoms with E-state index in [2.05, 4.69) is 10.3 Å². The number of fused-ring (bicyclic) bond motifs is 1. The number of carbonyl (C=O) groups is 1. The van der Waals surface area contributed by atoms with Gasteiger partial charge in [-0.25, -0.2) is 9.78 Å². The Balaban J connectivity index is 2.47. The van der Waals surface area contributed by atoms with Gasteiger partial charge in [0, 0.05) is 19.1 Å². The molecule has 0 radical (unpaired) electrons. The quantitative estimate of drug-likeness (QED) is 0.926. The van der Waals surface area contributed by atoms with Gasteiger partial charge in [-0.05, 0) is 46.2 Å². The third-order valence-electron chi connectivity index (χ3n) is 4.07. The zero-order valence-corrected chi connectivity index (χ0v) is 16.0. The van der Waals surface area contributed by atoms with Crippen molar-refractivity contribution in [2.75, 3.05) is 6.54 Å². The number of para-hydroxylation sites is 1. The lowest BCUT2D eigenvalue weighted by Crippen LogP contribution is -2.50. The molecule has 25 heavy (non-hydrogen) atoms. The summed E-state index contributed by atoms with van der Waals surface area (Å²) in [6.07, 6.45) is 0.823. The Kier molecular flexibility index (Phi) is 5.50. The number of nitrogens with one attached hydrogen (secondary N) is 1. The topological polar surface area (TPSA) is 67.2 Å². The van der Waals surface area contributed by atoms with Gasteiger partial charge in [-0.2, -0.15) is 0 Å². The fourth-order valence-electron chi connectivity index (χ4n) is 2.85. The first kappa shape index (κ1) is 19.0. The number of rotatable bonds is 4. The number of aromatic nitrogens is 2. The number of amides is 2. The van der Waals surface area contributed by atoms with Gasteiger partial charge in [0.15, 0.2) is 0 Å². The fourth-order valence-corrected chi connectivity index (χ4v) is 2.85. The van der Waals surface area contributed by atoms with Crippen LogP contribution in [0, 0.1) is 0 Å². The molecule has 1 aromatic carbocycles. The Labute approximate surface area is 148 Å². The molecule has 0 aliphatic carbocycles. The third-order valence-corrected chi connectivity index (χ3v) is 4.07. The van der Waals surface area contributed by atoms with Crippen molar-refractivity contribution in [1.29, 1.82) is 0 Å². The van der Waals surface area contributed by atoms with Gasteiger partial charge in [0.1, 0.15) is 5.82 Å². The molecule has 1 unspecified atom stereocenters. The van der Waals surface area contributed by atoms with E-state index in [0.717, 1.165) is 6.42 Å². The van der Waals surface area contributed by atoms with Crippen LogP contribution in [0.5, 0.6) is 0 Å². The minimum absolute atomic E-state index is 0.0971. The lowest BCUT2D eigenvalue weighted by atomic mass is 10.1. The van der Waals surface area contributed by atoms with E-state index in [-0.39, 0.29) is 23.2 Å². The van der Waals surface area contributed by atoms with E-state index in [4.69, 9.17) is 0 Å². The van der Waals surface area contributed by atoms with Gasteiger partial charge in [0.2, 0.25) is 0 Å². The van der Waals surface area contributed by atoms with Gasteiger partial charge in [-0.15, -0.1) is 0 Å². The minimum atomic E-state index is -0.328. The summed E-state index contributed by atoms with van der Waals surface area (Å²) in [5, 5.41) is 3.58. The van der Waals surface area contributed by atoms with Gasteiger partial charge < -0.3 is 10.2 Å². The van der Waals surface area contributed by atoms with Crippen molar-refractivity contribution in [3.05, 3.63) is 40.4 Å². The minimum Gasteiger partial charge on any atom is -0.333 e. The SMILES string of the molecule is CCCN(C(=O)NC(C)(C)C)C(C)c1nc2ccccc2c(=O)n1C. The lowest BCUT2D eigenvalue weighted by Gasteiger charge is -2.32. The highest BCUT2D eigenvalue weighted by Gasteiger charge is 2.27. The van der Waals surface area contributed by atoms with E-state index in [1.54, 1.807) is 22.6 Å². The number of benzene rings is 1. The van der Waals surface area contributed by atoms with Crippen LogP contribution in [0.1, 0.15) is 52.9 Å². The summed E-state index contributed by atoms with van der Waals surface area (Å²) in [6.45, 7) is 10.4. The molecule has 2 rings (SSSR count). The predicted octanol–water partition coefficient (Wildman–Crippen LogP) is 3.21. The highest BCUT2D eigenvalue weighted by Crippen LogP contribution is 2.20. The first-order valence-corrected chi connectivity index (χ1v) is 8.70. The van der Waals surface area contributed by atoms with Crippen molar-refractivity contribution < 1.29 is 4.79 Å². The monoisotopic (exact) mass is 344 g/mol. The van der Waals surface area contributed by atoms with Crippen molar-refractivity contribution in [2.45, 2.75) is 52.6 Å². The second-order valence-corrected chi connectivity index (χ2v) is 7.40. The molecule has 1 atom stereocenters. The molecule has 2 aromatic rings. The van der Waals surface area contributed by atoms with Crippen LogP contribution in [0.2, 0.25) is 0 Å². The van der Waals surface area contributed by atoms with E-state index >= 15 is 0 Å². The van der Waals surface area contributed by atoms with Crippen LogP contribution in [0.3, 0.4) is 0 Å². The van der Waals surface area contributed by atoms with Crippen molar-refractivity contribution in [3.8, 4) is 0 Å². The Hall–Kier alpha value is -2.37. The molecule has 0 spiro atoms. The maximum Gasteiger partial charge on any atom is 0.318 e. The third kappa shape index (κ3) is 4.18. The first-order valence-electron chi connectivity index (χ1n) is 8.70. The fraction of sp³-hybridized carbons (Fsp3) is 0.526. The van der Waals surface area contributed by atoms with Crippen LogP contribution in [-0.4, -0.2) is 32.6 Å². The van der Waals surface area contributed by atoms with Crippen molar-refractivity contribution in [3.63, 3.8) is 0 Å². The van der Waals surface area contributed by atoms with E-state index in [1.165, 1.54) is 0 Å². The number of hydrogen-bond donors (Lipinski definition) is 1. The molecule has 136 valence electrons. The summed E-state index contributed by atoms with van der Waals surface area (Å²) in [4.78, 5) is 31.8. The van der Waals surface area contributed by atoms with E-state index in [9.17, 15) is 9.59 Å². The maximum absolute atomic E-state index is 12.7. The molecule has 1 N–H and O–H groups in total. The first-order chi connectivity index (χ1) is 11.7. The molecular formula is C19H28N4O2. The number of hydrogen-bond acceptors (Lipinski definition) is 3. The van der Waals surface area contributed by atoms with Crippen LogP contribution in [0.15, 0.2) is 29.1 Å². The van der Waals surface area contributed by atoms with Gasteiger partial charge in [0.05, 0.1) is 16.9 Å². The Morgan fingerprint density at radius 1 is 1.32 bits per heavy atom. The Morgan fingerprint density at radius 2 is 1.96 bits per heavy atom. The second kappa shape index (κ2) is 7.25. The molecule has 6 heteroatoms. The lowest BCUT2D eigenvalue weighted by molar-refractivity contribution is 0.167. The average Bonchev–Trinajstić information content (AvgIpc) is 2.53. The summed E-state index contributed by atoms with van der Waals surface area (Å²) >= 11 is 0. The molecular weight excluding hydrogens is 316 g/mol. The zero-order chi connectivity index (χ0) is 18.8. The molecule has 0 saturated carbocycles. The van der Waals surface area contributed by atoms with Crippen molar-refractivity contribution in [2.24, 2.45) is 7.05 Å². The summed E-state index contributed by atoms with van der Waals surface area (Å²) in [7, 11) is 1.71. The number of carbonyl (C=O) groups excluding carboxylic acids is 1. The summed E-state index contributed by atoms with van der Waals surface area (Å²) in [5.74, 6) is 0.584. The molecule has 0 saturated heterocycles. The summed E-state index contributed by atoms with van der Waals surface area (Å²) < 4.78 is 1.54. The van der Waals surface area contributed by atoms with Crippen molar-refractivity contribution in [1.82, 2.24) is 19.8 Å². The largest absolute Gasteiger partial charge is 0.333 e. The zero-order valence-electron chi connectivity index (χ0n) is 16.0. The smallest absolute Gasteiger partial charge is 0.318 e. The van der Waals surface area contributed by atoms with Crippen molar-refractivity contribution >= 4 is 16.9 Å². The van der Waals surface area contributed by atoms with Crippen LogP contribution in [-0.2, 0) is 7.05 Å². The molecule has 0 fully saturated rings. The van der Waals surface area contributed by atoms with Gasteiger partial charge >= 0.3 is 6.03 Å². The molecule has 0 aliphatic heterocycles. The average molecular weight is 344 g/mol.